The van der Waals surface area contributed by atoms with Gasteiger partial charge in [-0.25, -0.2) is 4.79 Å². The van der Waals surface area contributed by atoms with Gasteiger partial charge < -0.3 is 26.6 Å². The number of carboxylic acid groups (broad SMARTS) is 2. The molecule has 3 rings (SSSR count). The predicted molar refractivity (Wildman–Crippen MR) is 116 cm³/mol. The number of H-pyrrole nitrogens is 1. The minimum absolute atomic E-state index is 0.0628. The normalized spacial score (nSPS) is 16.1. The van der Waals surface area contributed by atoms with Crippen LogP contribution in [0.1, 0.15) is 33.8 Å². The first-order valence-corrected chi connectivity index (χ1v) is 11.1. The number of aryl methyl sites for hydroxylation is 1. The molecule has 0 unspecified atom stereocenters. The number of aliphatic carboxylic acids is 2. The second-order valence-corrected chi connectivity index (χ2v) is 9.33. The number of hydrogen-bond donors (Lipinski definition) is 6. The maximum absolute atomic E-state index is 12.3. The first-order chi connectivity index (χ1) is 14.7. The van der Waals surface area contributed by atoms with E-state index in [1.54, 1.807) is 12.1 Å². The highest BCUT2D eigenvalue weighted by Gasteiger charge is 2.24. The monoisotopic (exact) mass is 467 g/mol. The molecule has 2 aromatic rings. The quantitative estimate of drug-likeness (QED) is 0.310. The number of thioether (sulfide) groups is 1. The second kappa shape index (κ2) is 9.83. The molecule has 166 valence electrons. The fourth-order valence-corrected chi connectivity index (χ4v) is 5.03. The minimum Gasteiger partial charge on any atom is -0.481 e. The van der Waals surface area contributed by atoms with Crippen molar-refractivity contribution in [3.8, 4) is 0 Å². The third kappa shape index (κ3) is 5.98. The average molecular weight is 468 g/mol. The number of rotatable bonds is 9. The lowest BCUT2D eigenvalue weighted by atomic mass is 10.1. The highest BCUT2D eigenvalue weighted by Crippen LogP contribution is 2.33. The van der Waals surface area contributed by atoms with Crippen LogP contribution in [0.3, 0.4) is 0 Å². The first kappa shape index (κ1) is 22.6. The Morgan fingerprint density at radius 2 is 2.10 bits per heavy atom. The van der Waals surface area contributed by atoms with E-state index in [9.17, 15) is 24.3 Å². The number of carbonyl (C=O) groups excluding carboxylic acids is 1. The number of thiophene rings is 1. The van der Waals surface area contributed by atoms with Crippen molar-refractivity contribution in [1.29, 1.82) is 0 Å². The zero-order valence-corrected chi connectivity index (χ0v) is 17.8. The maximum Gasteiger partial charge on any atom is 0.326 e. The Balaban J connectivity index is 1.55. The maximum atomic E-state index is 12.3. The summed E-state index contributed by atoms with van der Waals surface area (Å²) in [6, 6.07) is 2.15. The number of amides is 1. The van der Waals surface area contributed by atoms with E-state index in [1.807, 2.05) is 0 Å². The Hall–Kier alpha value is -3.06. The number of nitrogens with zero attached hydrogens (tertiary/aromatic N) is 1. The fourth-order valence-electron chi connectivity index (χ4n) is 2.98. The molecule has 0 fully saturated rings. The van der Waals surface area contributed by atoms with Crippen molar-refractivity contribution in [1.82, 2.24) is 15.3 Å². The molecule has 7 N–H and O–H groups in total. The Morgan fingerprint density at radius 3 is 2.81 bits per heavy atom. The van der Waals surface area contributed by atoms with Gasteiger partial charge in [0.05, 0.1) is 4.88 Å². The van der Waals surface area contributed by atoms with E-state index in [4.69, 9.17) is 10.8 Å². The smallest absolute Gasteiger partial charge is 0.326 e. The summed E-state index contributed by atoms with van der Waals surface area (Å²) in [5, 5.41) is 23.5. The van der Waals surface area contributed by atoms with Crippen molar-refractivity contribution in [2.75, 3.05) is 17.6 Å². The number of aromatic amines is 1. The summed E-state index contributed by atoms with van der Waals surface area (Å²) in [7, 11) is 0. The van der Waals surface area contributed by atoms with Gasteiger partial charge in [0.15, 0.2) is 0 Å². The number of fused-ring (bicyclic) bond motifs is 1. The van der Waals surface area contributed by atoms with E-state index in [-0.39, 0.29) is 29.6 Å². The van der Waals surface area contributed by atoms with Crippen molar-refractivity contribution in [2.45, 2.75) is 41.9 Å². The van der Waals surface area contributed by atoms with Crippen LogP contribution in [0.25, 0.3) is 0 Å². The van der Waals surface area contributed by atoms with E-state index >= 15 is 0 Å². The van der Waals surface area contributed by atoms with Crippen LogP contribution in [0.2, 0.25) is 0 Å². The van der Waals surface area contributed by atoms with Crippen LogP contribution >= 0.6 is 23.1 Å². The molecule has 0 saturated carbocycles. The van der Waals surface area contributed by atoms with Crippen LogP contribution in [-0.2, 0) is 16.0 Å². The third-order valence-electron chi connectivity index (χ3n) is 4.53. The molecule has 0 saturated heterocycles. The Labute approximate surface area is 184 Å². The van der Waals surface area contributed by atoms with Gasteiger partial charge in [0.25, 0.3) is 11.5 Å². The second-order valence-electron chi connectivity index (χ2n) is 6.85. The van der Waals surface area contributed by atoms with Gasteiger partial charge in [0.2, 0.25) is 5.95 Å². The van der Waals surface area contributed by atoms with Crippen LogP contribution in [0.5, 0.6) is 0 Å². The van der Waals surface area contributed by atoms with Crippen molar-refractivity contribution in [3.63, 3.8) is 0 Å². The molecule has 11 nitrogen and oxygen atoms in total. The summed E-state index contributed by atoms with van der Waals surface area (Å²) < 4.78 is 0. The number of carbonyl (C=O) groups is 3. The van der Waals surface area contributed by atoms with Crippen molar-refractivity contribution >= 4 is 52.7 Å². The molecule has 2 atom stereocenters. The Bertz CT molecular complexity index is 1050. The molecule has 0 aromatic carbocycles. The summed E-state index contributed by atoms with van der Waals surface area (Å²) in [6.07, 6.45) is 0.878. The number of nitrogens with one attached hydrogen (secondary N) is 3. The van der Waals surface area contributed by atoms with Crippen LogP contribution in [0.15, 0.2) is 21.8 Å². The molecule has 1 amide bonds. The molecule has 0 spiro atoms. The highest BCUT2D eigenvalue weighted by atomic mass is 32.2. The van der Waals surface area contributed by atoms with Gasteiger partial charge in [-0.2, -0.15) is 4.98 Å². The number of aromatic nitrogens is 2. The molecule has 2 aromatic heterocycles. The first-order valence-electron chi connectivity index (χ1n) is 9.37. The number of nitrogens with two attached hydrogens (primary N) is 1. The van der Waals surface area contributed by atoms with Gasteiger partial charge in [-0.3, -0.25) is 19.4 Å². The lowest BCUT2D eigenvalue weighted by Crippen LogP contribution is -2.40. The molecule has 1 aliphatic heterocycles. The van der Waals surface area contributed by atoms with Crippen molar-refractivity contribution in [3.05, 3.63) is 32.2 Å². The van der Waals surface area contributed by atoms with Gasteiger partial charge >= 0.3 is 11.9 Å². The summed E-state index contributed by atoms with van der Waals surface area (Å²) in [6.45, 7) is 0.621. The van der Waals surface area contributed by atoms with E-state index < -0.39 is 23.9 Å². The van der Waals surface area contributed by atoms with E-state index in [0.29, 0.717) is 28.6 Å². The van der Waals surface area contributed by atoms with Crippen LogP contribution in [0.4, 0.5) is 11.8 Å². The van der Waals surface area contributed by atoms with Crippen molar-refractivity contribution in [2.24, 2.45) is 0 Å². The lowest BCUT2D eigenvalue weighted by molar-refractivity contribution is -0.140. The Kier molecular flexibility index (Phi) is 7.17. The standard InChI is InChI=1S/C18H21N5O6S2/c19-18-22-14-13(16(27)23-18)31-9(7-20-14)2-1-8-3-5-11(30-8)15(26)21-10(17(28)29)4-6-12(24)25/h3,5,9-10H,1-2,4,6-7H2,(H,21,26)(H,24,25)(H,28,29)(H4,19,20,22,23,27)/t9-,10-/m0/s1. The molecular formula is C18H21N5O6S2. The summed E-state index contributed by atoms with van der Waals surface area (Å²) in [4.78, 5) is 54.6. The minimum atomic E-state index is -1.28. The van der Waals surface area contributed by atoms with Gasteiger partial charge in [-0.15, -0.1) is 23.1 Å². The summed E-state index contributed by atoms with van der Waals surface area (Å²) in [5.41, 5.74) is 5.27. The molecule has 1 aliphatic rings. The molecule has 0 bridgehead atoms. The molecule has 0 radical (unpaired) electrons. The van der Waals surface area contributed by atoms with Gasteiger partial charge in [0.1, 0.15) is 16.8 Å². The largest absolute Gasteiger partial charge is 0.481 e. The van der Waals surface area contributed by atoms with Gasteiger partial charge in [-0.1, -0.05) is 0 Å². The molecule has 13 heteroatoms. The molecular weight excluding hydrogens is 446 g/mol. The van der Waals surface area contributed by atoms with E-state index in [2.05, 4.69) is 20.6 Å². The number of hydrogen-bond acceptors (Lipinski definition) is 9. The molecule has 3 heterocycles. The van der Waals surface area contributed by atoms with Gasteiger partial charge in [0, 0.05) is 23.1 Å². The average Bonchev–Trinajstić information content (AvgIpc) is 3.18. The summed E-state index contributed by atoms with van der Waals surface area (Å²) >= 11 is 2.68. The summed E-state index contributed by atoms with van der Waals surface area (Å²) in [5.74, 6) is -2.41. The van der Waals surface area contributed by atoms with Gasteiger partial charge in [-0.05, 0) is 31.4 Å². The van der Waals surface area contributed by atoms with Crippen LogP contribution < -0.4 is 21.9 Å². The predicted octanol–water partition coefficient (Wildman–Crippen LogP) is 0.980. The fraction of sp³-hybridized carbons (Fsp3) is 0.389. The Morgan fingerprint density at radius 1 is 1.32 bits per heavy atom. The van der Waals surface area contributed by atoms with E-state index in [1.165, 1.54) is 23.1 Å². The number of carboxylic acids is 2. The zero-order chi connectivity index (χ0) is 22.5. The third-order valence-corrected chi connectivity index (χ3v) is 7.02. The van der Waals surface area contributed by atoms with Crippen LogP contribution in [0, 0.1) is 0 Å². The zero-order valence-electron chi connectivity index (χ0n) is 16.2. The number of anilines is 2. The van der Waals surface area contributed by atoms with Crippen molar-refractivity contribution < 1.29 is 24.6 Å². The SMILES string of the molecule is Nc1nc2c(c(=O)[nH]1)S[C@@H](CCc1ccc(C(=O)N[C@@H](CCC(=O)O)C(=O)O)s1)CN2. The lowest BCUT2D eigenvalue weighted by Gasteiger charge is -2.23. The molecule has 31 heavy (non-hydrogen) atoms. The van der Waals surface area contributed by atoms with E-state index in [0.717, 1.165) is 11.3 Å². The highest BCUT2D eigenvalue weighted by molar-refractivity contribution is 8.00. The van der Waals surface area contributed by atoms with Crippen LogP contribution in [-0.4, -0.2) is 55.9 Å². The topological polar surface area (TPSA) is 187 Å². The number of nitrogen functional groups attached to an aromatic ring is 1. The molecule has 0 aliphatic carbocycles.